The molecule has 22 nitrogen and oxygen atoms in total. The number of piperazine rings is 1. The Morgan fingerprint density at radius 2 is 1.21 bits per heavy atom. The highest BCUT2D eigenvalue weighted by Gasteiger charge is 2.27. The number of nitrogens with one attached hydrogen (secondary N) is 3. The quantitative estimate of drug-likeness (QED) is 0.0724. The number of hydrogen-bond acceptors (Lipinski definition) is 12. The fourth-order valence-corrected chi connectivity index (χ4v) is 8.76. The van der Waals surface area contributed by atoms with E-state index >= 15 is 0 Å². The van der Waals surface area contributed by atoms with Gasteiger partial charge in [-0.3, -0.25) is 39.2 Å². The number of rotatable bonds is 15. The van der Waals surface area contributed by atoms with E-state index < -0.39 is 23.6 Å². The highest BCUT2D eigenvalue weighted by Crippen LogP contribution is 2.33. The third-order valence-electron chi connectivity index (χ3n) is 12.2. The number of primary amides is 2. The van der Waals surface area contributed by atoms with Crippen molar-refractivity contribution in [2.24, 2.45) is 17.4 Å². The Morgan fingerprint density at radius 1 is 0.732 bits per heavy atom. The van der Waals surface area contributed by atoms with Gasteiger partial charge in [-0.15, -0.1) is 12.4 Å². The second-order valence-electron chi connectivity index (χ2n) is 17.0. The number of fused-ring (bicyclic) bond motifs is 2. The van der Waals surface area contributed by atoms with Gasteiger partial charge in [-0.1, -0.05) is 24.0 Å². The van der Waals surface area contributed by atoms with Crippen LogP contribution in [0.2, 0.25) is 0 Å². The van der Waals surface area contributed by atoms with Gasteiger partial charge in [0.1, 0.15) is 40.5 Å². The number of benzene rings is 2. The van der Waals surface area contributed by atoms with Gasteiger partial charge in [0, 0.05) is 82.5 Å². The Balaban J connectivity index is 0.00000741. The second-order valence-corrected chi connectivity index (χ2v) is 17.0. The molecule has 2 aliphatic rings. The van der Waals surface area contributed by atoms with Crippen molar-refractivity contribution in [1.82, 2.24) is 53.8 Å². The van der Waals surface area contributed by atoms with Crippen molar-refractivity contribution >= 4 is 76.0 Å². The summed E-state index contributed by atoms with van der Waals surface area (Å²) in [5.74, 6) is 5.12. The Bertz CT molecular complexity index is 3090. The summed E-state index contributed by atoms with van der Waals surface area (Å²) < 4.78 is 18.7. The molecular weight excluding hydrogens is 934 g/mol. The third kappa shape index (κ3) is 11.1. The first-order valence-electron chi connectivity index (χ1n) is 23.2. The molecule has 374 valence electrons. The molecule has 0 saturated carbocycles. The maximum absolute atomic E-state index is 13.9. The fourth-order valence-electron chi connectivity index (χ4n) is 8.76. The van der Waals surface area contributed by atoms with E-state index in [4.69, 9.17) is 30.9 Å². The minimum atomic E-state index is -0.703. The molecule has 6 aromatic rings. The van der Waals surface area contributed by atoms with Gasteiger partial charge in [0.05, 0.1) is 29.5 Å². The van der Waals surface area contributed by atoms with Crippen LogP contribution in [0.4, 0.5) is 16.7 Å². The number of likely N-dealkylation sites (tertiary alicyclic amines) is 1. The van der Waals surface area contributed by atoms with Gasteiger partial charge < -0.3 is 45.2 Å². The number of methoxy groups -OCH3 is 1. The van der Waals surface area contributed by atoms with Crippen LogP contribution in [0.25, 0.3) is 22.1 Å². The van der Waals surface area contributed by atoms with Crippen molar-refractivity contribution in [2.45, 2.75) is 66.7 Å². The molecule has 4 aromatic heterocycles. The van der Waals surface area contributed by atoms with E-state index in [-0.39, 0.29) is 72.8 Å². The van der Waals surface area contributed by atoms with Crippen LogP contribution < -0.4 is 36.9 Å². The number of anilines is 2. The molecule has 2 saturated heterocycles. The molecule has 8 rings (SSSR count). The van der Waals surface area contributed by atoms with E-state index in [1.54, 1.807) is 44.5 Å². The molecule has 71 heavy (non-hydrogen) atoms. The van der Waals surface area contributed by atoms with Crippen LogP contribution >= 0.6 is 12.4 Å². The minimum Gasteiger partial charge on any atom is -0.494 e. The number of aryl methyl sites for hydroxylation is 4. The highest BCUT2D eigenvalue weighted by atomic mass is 35.5. The maximum Gasteiger partial charge on any atom is 0.320 e. The number of amides is 6. The van der Waals surface area contributed by atoms with E-state index in [0.29, 0.717) is 89.9 Å². The molecule has 0 radical (unpaired) electrons. The molecule has 23 heteroatoms. The van der Waals surface area contributed by atoms with E-state index in [9.17, 15) is 24.0 Å². The number of allylic oxidation sites excluding steroid dienone is 2. The number of ether oxygens (including phenoxy) is 2. The van der Waals surface area contributed by atoms with Crippen LogP contribution in [0, 0.1) is 31.6 Å². The lowest BCUT2D eigenvalue weighted by molar-refractivity contribution is 0.0991. The number of nitrogens with zero attached hydrogens (tertiary/aromatic N) is 10. The maximum atomic E-state index is 13.9. The molecule has 0 aliphatic carbocycles. The number of piperidine rings is 1. The number of aromatic nitrogens is 8. The first kappa shape index (κ1) is 51.0. The lowest BCUT2D eigenvalue weighted by Crippen LogP contribution is -2.53. The number of halogens is 1. The van der Waals surface area contributed by atoms with Gasteiger partial charge in [-0.2, -0.15) is 10.2 Å². The van der Waals surface area contributed by atoms with Crippen LogP contribution in [-0.2, 0) is 26.2 Å². The Kier molecular flexibility index (Phi) is 16.0. The molecular formula is C48H58ClN15O7. The molecule has 0 spiro atoms. The molecule has 0 bridgehead atoms. The number of carbonyl (C=O) groups is 5. The Hall–Kier alpha value is -7.90. The van der Waals surface area contributed by atoms with E-state index in [1.807, 2.05) is 35.8 Å². The zero-order valence-electron chi connectivity index (χ0n) is 40.3. The number of imidazole rings is 2. The third-order valence-corrected chi connectivity index (χ3v) is 12.2. The average molecular weight is 993 g/mol. The monoisotopic (exact) mass is 991 g/mol. The smallest absolute Gasteiger partial charge is 0.320 e. The zero-order chi connectivity index (χ0) is 49.6. The molecule has 0 unspecified atom stereocenters. The summed E-state index contributed by atoms with van der Waals surface area (Å²) in [4.78, 5) is 79.0. The summed E-state index contributed by atoms with van der Waals surface area (Å²) in [6.45, 7) is 12.7. The van der Waals surface area contributed by atoms with Crippen LogP contribution in [0.3, 0.4) is 0 Å². The number of urea groups is 1. The molecule has 7 N–H and O–H groups in total. The number of carbonyl (C=O) groups excluding carboxylic acids is 5. The molecule has 6 heterocycles. The van der Waals surface area contributed by atoms with Crippen molar-refractivity contribution in [2.75, 3.05) is 63.6 Å². The predicted octanol–water partition coefficient (Wildman–Crippen LogP) is 3.94. The van der Waals surface area contributed by atoms with Gasteiger partial charge in [0.25, 0.3) is 11.8 Å². The van der Waals surface area contributed by atoms with Crippen molar-refractivity contribution in [3.05, 3.63) is 82.5 Å². The minimum absolute atomic E-state index is 0. The van der Waals surface area contributed by atoms with Crippen molar-refractivity contribution in [3.8, 4) is 23.3 Å². The summed E-state index contributed by atoms with van der Waals surface area (Å²) in [6.07, 6.45) is 5.13. The normalized spacial score (nSPS) is 14.0. The summed E-state index contributed by atoms with van der Waals surface area (Å²) in [7, 11) is 1.46. The number of hydrogen-bond donors (Lipinski definition) is 5. The largest absolute Gasteiger partial charge is 0.494 e. The highest BCUT2D eigenvalue weighted by molar-refractivity contribution is 6.05. The van der Waals surface area contributed by atoms with Crippen LogP contribution in [0.15, 0.2) is 48.6 Å². The second kappa shape index (κ2) is 22.2. The topological polar surface area (TPSA) is 270 Å². The standard InChI is InChI=1S/C48H57N15O7.ClH/c1-6-62-36(23-29(3)56-62)44(66)54-46-52-34-25-32(42(49)64)27-38(69-5)40(34)60(46)16-8-9-17-61-41-35(53-47(61)55-45(67)37-24-30(4)57-63(37)7-2)26-33(43(50)65)28-39(41)70-22-10-11-31-12-18-58(19-13-31)48(68)59-20-14-51-15-21-59;/h8-9,23-28,31,51H,6-7,12-22H2,1-5H3,(H2,49,64)(H2,50,65)(H,52,54,66)(H,53,55,67);1H. The first-order valence-corrected chi connectivity index (χ1v) is 23.2. The molecule has 2 fully saturated rings. The summed E-state index contributed by atoms with van der Waals surface area (Å²) in [5.41, 5.74) is 15.4. The zero-order valence-corrected chi connectivity index (χ0v) is 41.1. The van der Waals surface area contributed by atoms with Crippen LogP contribution in [0.1, 0.15) is 79.8 Å². The van der Waals surface area contributed by atoms with E-state index in [1.165, 1.54) is 31.4 Å². The molecule has 0 atom stereocenters. The van der Waals surface area contributed by atoms with Gasteiger partial charge in [0.2, 0.25) is 23.7 Å². The van der Waals surface area contributed by atoms with Gasteiger partial charge in [-0.05, 0) is 76.9 Å². The average Bonchev–Trinajstić information content (AvgIpc) is 4.13. The van der Waals surface area contributed by atoms with E-state index in [0.717, 1.165) is 25.9 Å². The van der Waals surface area contributed by atoms with Crippen molar-refractivity contribution < 1.29 is 33.4 Å². The summed E-state index contributed by atoms with van der Waals surface area (Å²) >= 11 is 0. The van der Waals surface area contributed by atoms with Gasteiger partial charge in [0.15, 0.2) is 0 Å². The summed E-state index contributed by atoms with van der Waals surface area (Å²) in [5, 5.41) is 18.0. The summed E-state index contributed by atoms with van der Waals surface area (Å²) in [6, 6.07) is 9.54. The van der Waals surface area contributed by atoms with Gasteiger partial charge in [-0.25, -0.2) is 14.8 Å². The Labute approximate surface area is 415 Å². The Morgan fingerprint density at radius 3 is 1.69 bits per heavy atom. The molecule has 2 aliphatic heterocycles. The van der Waals surface area contributed by atoms with Crippen molar-refractivity contribution in [3.63, 3.8) is 0 Å². The lowest BCUT2D eigenvalue weighted by atomic mass is 9.98. The van der Waals surface area contributed by atoms with Crippen LogP contribution in [-0.4, -0.2) is 131 Å². The SMILES string of the molecule is CCn1nc(C)cc1C(=O)Nc1nc2cc(C(N)=O)cc(OC)c2n1CC=CCn1c(NC(=O)c2cc(C)nn2CC)nc2cc(C(N)=O)cc(OCC#CC3CCN(C(=O)N4CCNCC4)CC3)c21.Cl. The lowest BCUT2D eigenvalue weighted by Gasteiger charge is -2.36. The predicted molar refractivity (Wildman–Crippen MR) is 268 cm³/mol. The molecule has 6 amide bonds. The van der Waals surface area contributed by atoms with Gasteiger partial charge >= 0.3 is 6.03 Å². The fraction of sp³-hybridized carbons (Fsp3) is 0.396. The molecule has 2 aromatic carbocycles. The van der Waals surface area contributed by atoms with Crippen molar-refractivity contribution in [1.29, 1.82) is 0 Å². The van der Waals surface area contributed by atoms with Crippen LogP contribution in [0.5, 0.6) is 11.5 Å². The van der Waals surface area contributed by atoms with E-state index in [2.05, 4.69) is 38.0 Å². The first-order chi connectivity index (χ1) is 33.8. The number of nitrogens with two attached hydrogens (primary N) is 2.